The van der Waals surface area contributed by atoms with Gasteiger partial charge in [-0.3, -0.25) is 9.59 Å². The first-order valence-corrected chi connectivity index (χ1v) is 9.40. The fourth-order valence-corrected chi connectivity index (χ4v) is 3.65. The molecule has 146 valence electrons. The van der Waals surface area contributed by atoms with E-state index in [-0.39, 0.29) is 12.1 Å². The number of anilines is 1. The smallest absolute Gasteiger partial charge is 0.293 e. The van der Waals surface area contributed by atoms with Gasteiger partial charge >= 0.3 is 0 Å². The minimum atomic E-state index is -0.524. The second-order valence-corrected chi connectivity index (χ2v) is 6.76. The van der Waals surface area contributed by atoms with E-state index in [1.807, 2.05) is 17.6 Å². The van der Waals surface area contributed by atoms with Crippen LogP contribution < -0.4 is 21.5 Å². The van der Waals surface area contributed by atoms with E-state index in [0.717, 1.165) is 32.1 Å². The van der Waals surface area contributed by atoms with Crippen molar-refractivity contribution in [1.29, 1.82) is 0 Å². The number of amides is 1. The molecule has 3 heterocycles. The lowest BCUT2D eigenvalue weighted by Gasteiger charge is -2.28. The Hall–Kier alpha value is -3.20. The van der Waals surface area contributed by atoms with Crippen LogP contribution in [0.1, 0.15) is 22.8 Å². The number of nitrogens with one attached hydrogen (secondary N) is 1. The van der Waals surface area contributed by atoms with Crippen LogP contribution in [0, 0.1) is 0 Å². The number of hydrogen-bond acceptors (Lipinski definition) is 6. The molecule has 1 fully saturated rings. The Bertz CT molecular complexity index is 1080. The van der Waals surface area contributed by atoms with Crippen LogP contribution in [0.25, 0.3) is 11.0 Å². The topological polar surface area (TPSA) is 111 Å². The molecule has 28 heavy (non-hydrogen) atoms. The Morgan fingerprint density at radius 3 is 2.71 bits per heavy atom. The van der Waals surface area contributed by atoms with E-state index >= 15 is 0 Å². The van der Waals surface area contributed by atoms with Crippen LogP contribution in [0.4, 0.5) is 5.95 Å². The molecule has 1 aromatic carbocycles. The van der Waals surface area contributed by atoms with Gasteiger partial charge in [0.15, 0.2) is 0 Å². The SMILES string of the molecule is CCn1c(N2CCNCC2)nc2cnn(Cc3ccccc3C(N)=O)c(=O)c21. The number of rotatable bonds is 5. The summed E-state index contributed by atoms with van der Waals surface area (Å²) in [5.41, 5.74) is 7.39. The number of carbonyl (C=O) groups is 1. The Labute approximate surface area is 161 Å². The second kappa shape index (κ2) is 7.43. The van der Waals surface area contributed by atoms with Gasteiger partial charge in [-0.25, -0.2) is 9.67 Å². The van der Waals surface area contributed by atoms with Gasteiger partial charge in [0.25, 0.3) is 5.56 Å². The summed E-state index contributed by atoms with van der Waals surface area (Å²) < 4.78 is 3.31. The highest BCUT2D eigenvalue weighted by atomic mass is 16.1. The van der Waals surface area contributed by atoms with Gasteiger partial charge in [0.2, 0.25) is 11.9 Å². The van der Waals surface area contributed by atoms with Gasteiger partial charge in [0.05, 0.1) is 12.7 Å². The standard InChI is InChI=1S/C19H23N7O2/c1-2-25-16-15(23-19(25)24-9-7-21-8-10-24)11-22-26(18(16)28)12-13-5-3-4-6-14(13)17(20)27/h3-6,11,21H,2,7-10,12H2,1H3,(H2,20,27). The summed E-state index contributed by atoms with van der Waals surface area (Å²) in [6.07, 6.45) is 1.61. The Kier molecular flexibility index (Phi) is 4.82. The molecule has 2 aromatic heterocycles. The first kappa shape index (κ1) is 18.2. The largest absolute Gasteiger partial charge is 0.366 e. The van der Waals surface area contributed by atoms with Gasteiger partial charge < -0.3 is 20.5 Å². The number of carbonyl (C=O) groups excluding carboxylic acids is 1. The summed E-state index contributed by atoms with van der Waals surface area (Å²) in [6.45, 7) is 6.27. The molecular formula is C19H23N7O2. The lowest BCUT2D eigenvalue weighted by atomic mass is 10.1. The molecule has 3 N–H and O–H groups in total. The maximum atomic E-state index is 13.2. The third-order valence-corrected chi connectivity index (χ3v) is 5.05. The van der Waals surface area contributed by atoms with Crippen molar-refractivity contribution >= 4 is 22.9 Å². The maximum Gasteiger partial charge on any atom is 0.293 e. The molecule has 0 unspecified atom stereocenters. The van der Waals surface area contributed by atoms with Gasteiger partial charge in [-0.05, 0) is 18.6 Å². The zero-order valence-corrected chi connectivity index (χ0v) is 15.8. The number of nitrogens with zero attached hydrogens (tertiary/aromatic N) is 5. The molecule has 1 aliphatic heterocycles. The van der Waals surface area contributed by atoms with Crippen molar-refractivity contribution in [2.45, 2.75) is 20.0 Å². The molecule has 3 aromatic rings. The molecule has 1 saturated heterocycles. The molecule has 1 amide bonds. The van der Waals surface area contributed by atoms with Crippen molar-refractivity contribution in [3.63, 3.8) is 0 Å². The lowest BCUT2D eigenvalue weighted by molar-refractivity contribution is 0.0999. The van der Waals surface area contributed by atoms with Crippen LogP contribution in [0.2, 0.25) is 0 Å². The van der Waals surface area contributed by atoms with Crippen molar-refractivity contribution < 1.29 is 4.79 Å². The summed E-state index contributed by atoms with van der Waals surface area (Å²) in [5.74, 6) is 0.275. The minimum Gasteiger partial charge on any atom is -0.366 e. The first-order valence-electron chi connectivity index (χ1n) is 9.40. The molecule has 0 atom stereocenters. The quantitative estimate of drug-likeness (QED) is 0.652. The van der Waals surface area contributed by atoms with Crippen LogP contribution in [0.5, 0.6) is 0 Å². The van der Waals surface area contributed by atoms with Gasteiger partial charge in [0, 0.05) is 38.3 Å². The first-order chi connectivity index (χ1) is 13.6. The monoisotopic (exact) mass is 381 g/mol. The van der Waals surface area contributed by atoms with E-state index in [1.165, 1.54) is 4.68 Å². The summed E-state index contributed by atoms with van der Waals surface area (Å²) >= 11 is 0. The van der Waals surface area contributed by atoms with Gasteiger partial charge in [-0.2, -0.15) is 5.10 Å². The van der Waals surface area contributed by atoms with Crippen LogP contribution in [0.15, 0.2) is 35.3 Å². The van der Waals surface area contributed by atoms with E-state index in [9.17, 15) is 9.59 Å². The number of aryl methyl sites for hydroxylation is 1. The summed E-state index contributed by atoms with van der Waals surface area (Å²) in [6, 6.07) is 6.99. The molecule has 4 rings (SSSR count). The predicted molar refractivity (Wildman–Crippen MR) is 107 cm³/mol. The summed E-state index contributed by atoms with van der Waals surface area (Å²) in [5, 5.41) is 7.60. The molecule has 9 nitrogen and oxygen atoms in total. The van der Waals surface area contributed by atoms with Crippen LogP contribution in [-0.4, -0.2) is 51.4 Å². The molecule has 0 radical (unpaired) electrons. The van der Waals surface area contributed by atoms with Gasteiger partial charge in [-0.1, -0.05) is 18.2 Å². The van der Waals surface area contributed by atoms with E-state index in [4.69, 9.17) is 5.73 Å². The van der Waals surface area contributed by atoms with E-state index in [0.29, 0.717) is 28.7 Å². The van der Waals surface area contributed by atoms with Gasteiger partial charge in [-0.15, -0.1) is 0 Å². The highest BCUT2D eigenvalue weighted by molar-refractivity contribution is 5.94. The third kappa shape index (κ3) is 3.13. The molecule has 0 spiro atoms. The van der Waals surface area contributed by atoms with E-state index < -0.39 is 5.91 Å². The number of benzene rings is 1. The molecular weight excluding hydrogens is 358 g/mol. The van der Waals surface area contributed by atoms with Crippen molar-refractivity contribution in [2.75, 3.05) is 31.1 Å². The van der Waals surface area contributed by atoms with E-state index in [2.05, 4.69) is 20.3 Å². The predicted octanol–water partition coefficient (Wildman–Crippen LogP) is 0.170. The van der Waals surface area contributed by atoms with Crippen molar-refractivity contribution in [3.05, 3.63) is 51.9 Å². The second-order valence-electron chi connectivity index (χ2n) is 6.76. The number of aromatic nitrogens is 4. The Morgan fingerprint density at radius 1 is 1.25 bits per heavy atom. The molecule has 9 heteroatoms. The maximum absolute atomic E-state index is 13.2. The van der Waals surface area contributed by atoms with Crippen LogP contribution >= 0.6 is 0 Å². The fourth-order valence-electron chi connectivity index (χ4n) is 3.65. The van der Waals surface area contributed by atoms with Crippen molar-refractivity contribution in [3.8, 4) is 0 Å². The zero-order valence-electron chi connectivity index (χ0n) is 15.8. The number of primary amides is 1. The number of piperazine rings is 1. The van der Waals surface area contributed by atoms with Crippen LogP contribution in [0.3, 0.4) is 0 Å². The fraction of sp³-hybridized carbons (Fsp3) is 0.368. The lowest BCUT2D eigenvalue weighted by Crippen LogP contribution is -2.44. The normalized spacial score (nSPS) is 14.5. The highest BCUT2D eigenvalue weighted by Gasteiger charge is 2.21. The average molecular weight is 381 g/mol. The number of hydrogen-bond donors (Lipinski definition) is 2. The van der Waals surface area contributed by atoms with Crippen molar-refractivity contribution in [1.82, 2.24) is 24.6 Å². The summed E-state index contributed by atoms with van der Waals surface area (Å²) in [4.78, 5) is 31.7. The Balaban J connectivity index is 1.79. The molecule has 0 aliphatic carbocycles. The highest BCUT2D eigenvalue weighted by Crippen LogP contribution is 2.20. The number of nitrogens with two attached hydrogens (primary N) is 1. The van der Waals surface area contributed by atoms with Crippen molar-refractivity contribution in [2.24, 2.45) is 5.73 Å². The Morgan fingerprint density at radius 2 is 2.00 bits per heavy atom. The average Bonchev–Trinajstić information content (AvgIpc) is 3.10. The summed E-state index contributed by atoms with van der Waals surface area (Å²) in [7, 11) is 0. The minimum absolute atomic E-state index is 0.172. The molecule has 0 saturated carbocycles. The molecule has 1 aliphatic rings. The third-order valence-electron chi connectivity index (χ3n) is 5.05. The molecule has 0 bridgehead atoms. The van der Waals surface area contributed by atoms with Crippen LogP contribution in [-0.2, 0) is 13.1 Å². The number of imidazole rings is 1. The zero-order chi connectivity index (χ0) is 19.7. The van der Waals surface area contributed by atoms with E-state index in [1.54, 1.807) is 24.4 Å². The number of fused-ring (bicyclic) bond motifs is 1. The van der Waals surface area contributed by atoms with Gasteiger partial charge in [0.1, 0.15) is 11.0 Å².